The second-order valence-corrected chi connectivity index (χ2v) is 4.66. The standard InChI is InChI=1S/C14H20N4O/c1-10(2)14-16-13(8-9-15)18(17-14)11-6-4-5-7-12(11)19-3/h4-7,10H,8-9,15H2,1-3H3. The summed E-state index contributed by atoms with van der Waals surface area (Å²) in [6.45, 7) is 4.70. The van der Waals surface area contributed by atoms with Crippen LogP contribution in [0.2, 0.25) is 0 Å². The summed E-state index contributed by atoms with van der Waals surface area (Å²) in [6, 6.07) is 7.78. The number of para-hydroxylation sites is 2. The predicted molar refractivity (Wildman–Crippen MR) is 74.8 cm³/mol. The van der Waals surface area contributed by atoms with Gasteiger partial charge in [-0.2, -0.15) is 5.10 Å². The summed E-state index contributed by atoms with van der Waals surface area (Å²) in [5.74, 6) is 2.76. The Morgan fingerprint density at radius 1 is 1.32 bits per heavy atom. The van der Waals surface area contributed by atoms with Gasteiger partial charge in [0.2, 0.25) is 0 Å². The van der Waals surface area contributed by atoms with Crippen LogP contribution in [0.1, 0.15) is 31.4 Å². The van der Waals surface area contributed by atoms with Gasteiger partial charge in [-0.1, -0.05) is 26.0 Å². The lowest BCUT2D eigenvalue weighted by Crippen LogP contribution is -2.10. The molecule has 0 bridgehead atoms. The van der Waals surface area contributed by atoms with Crippen LogP contribution in [-0.2, 0) is 6.42 Å². The lowest BCUT2D eigenvalue weighted by atomic mass is 10.2. The first-order chi connectivity index (χ1) is 9.17. The molecule has 0 amide bonds. The zero-order chi connectivity index (χ0) is 13.8. The molecule has 5 heteroatoms. The van der Waals surface area contributed by atoms with Crippen LogP contribution in [-0.4, -0.2) is 28.4 Å². The van der Waals surface area contributed by atoms with Gasteiger partial charge in [0.25, 0.3) is 0 Å². The summed E-state index contributed by atoms with van der Waals surface area (Å²) in [7, 11) is 1.65. The molecule has 102 valence electrons. The molecule has 1 heterocycles. The van der Waals surface area contributed by atoms with E-state index in [1.54, 1.807) is 7.11 Å². The van der Waals surface area contributed by atoms with E-state index in [4.69, 9.17) is 10.5 Å². The number of ether oxygens (including phenoxy) is 1. The van der Waals surface area contributed by atoms with Gasteiger partial charge in [0, 0.05) is 12.3 Å². The predicted octanol–water partition coefficient (Wildman–Crippen LogP) is 1.90. The smallest absolute Gasteiger partial charge is 0.153 e. The number of rotatable bonds is 5. The number of nitrogens with two attached hydrogens (primary N) is 1. The molecular weight excluding hydrogens is 240 g/mol. The fraction of sp³-hybridized carbons (Fsp3) is 0.429. The van der Waals surface area contributed by atoms with Gasteiger partial charge in [-0.3, -0.25) is 0 Å². The fourth-order valence-electron chi connectivity index (χ4n) is 1.90. The molecule has 19 heavy (non-hydrogen) atoms. The summed E-state index contributed by atoms with van der Waals surface area (Å²) >= 11 is 0. The highest BCUT2D eigenvalue weighted by molar-refractivity contribution is 5.46. The largest absolute Gasteiger partial charge is 0.494 e. The van der Waals surface area contributed by atoms with Crippen molar-refractivity contribution in [1.29, 1.82) is 0 Å². The minimum absolute atomic E-state index is 0.285. The molecule has 1 aromatic carbocycles. The molecule has 5 nitrogen and oxygen atoms in total. The Morgan fingerprint density at radius 2 is 2.05 bits per heavy atom. The molecule has 0 spiro atoms. The molecule has 1 aromatic heterocycles. The average molecular weight is 260 g/mol. The van der Waals surface area contributed by atoms with Gasteiger partial charge >= 0.3 is 0 Å². The third kappa shape index (κ3) is 2.76. The van der Waals surface area contributed by atoms with Gasteiger partial charge in [-0.25, -0.2) is 9.67 Å². The lowest BCUT2D eigenvalue weighted by molar-refractivity contribution is 0.411. The SMILES string of the molecule is COc1ccccc1-n1nc(C(C)C)nc1CCN. The lowest BCUT2D eigenvalue weighted by Gasteiger charge is -2.09. The first-order valence-corrected chi connectivity index (χ1v) is 6.46. The van der Waals surface area contributed by atoms with Crippen molar-refractivity contribution in [2.45, 2.75) is 26.2 Å². The highest BCUT2D eigenvalue weighted by Gasteiger charge is 2.15. The van der Waals surface area contributed by atoms with Gasteiger partial charge in [-0.05, 0) is 18.7 Å². The Labute approximate surface area is 113 Å². The Hall–Kier alpha value is -1.88. The number of nitrogens with zero attached hydrogens (tertiary/aromatic N) is 3. The van der Waals surface area contributed by atoms with Crippen LogP contribution >= 0.6 is 0 Å². The quantitative estimate of drug-likeness (QED) is 0.891. The molecule has 0 unspecified atom stereocenters. The maximum atomic E-state index is 5.65. The van der Waals surface area contributed by atoms with E-state index in [-0.39, 0.29) is 5.92 Å². The first kappa shape index (κ1) is 13.5. The van der Waals surface area contributed by atoms with Crippen LogP contribution in [0.15, 0.2) is 24.3 Å². The number of aromatic nitrogens is 3. The van der Waals surface area contributed by atoms with Crippen molar-refractivity contribution in [3.8, 4) is 11.4 Å². The van der Waals surface area contributed by atoms with E-state index in [1.807, 2.05) is 28.9 Å². The summed E-state index contributed by atoms with van der Waals surface area (Å²) in [5, 5.41) is 4.58. The molecule has 0 aliphatic heterocycles. The van der Waals surface area contributed by atoms with Crippen molar-refractivity contribution in [3.05, 3.63) is 35.9 Å². The molecule has 0 aliphatic rings. The van der Waals surface area contributed by atoms with Gasteiger partial charge < -0.3 is 10.5 Å². The van der Waals surface area contributed by atoms with Crippen molar-refractivity contribution in [1.82, 2.24) is 14.8 Å². The Morgan fingerprint density at radius 3 is 2.68 bits per heavy atom. The molecular formula is C14H20N4O. The fourth-order valence-corrected chi connectivity index (χ4v) is 1.90. The van der Waals surface area contributed by atoms with E-state index in [0.29, 0.717) is 13.0 Å². The van der Waals surface area contributed by atoms with E-state index in [2.05, 4.69) is 23.9 Å². The van der Waals surface area contributed by atoms with Crippen molar-refractivity contribution in [2.24, 2.45) is 5.73 Å². The monoisotopic (exact) mass is 260 g/mol. The van der Waals surface area contributed by atoms with E-state index in [9.17, 15) is 0 Å². The molecule has 2 rings (SSSR count). The topological polar surface area (TPSA) is 66.0 Å². The average Bonchev–Trinajstić information content (AvgIpc) is 2.83. The van der Waals surface area contributed by atoms with Crippen molar-refractivity contribution in [2.75, 3.05) is 13.7 Å². The highest BCUT2D eigenvalue weighted by Crippen LogP contribution is 2.23. The minimum Gasteiger partial charge on any atom is -0.494 e. The summed E-state index contributed by atoms with van der Waals surface area (Å²) < 4.78 is 7.22. The van der Waals surface area contributed by atoms with E-state index < -0.39 is 0 Å². The van der Waals surface area contributed by atoms with Gasteiger partial charge in [0.15, 0.2) is 5.82 Å². The van der Waals surface area contributed by atoms with Crippen LogP contribution in [0.5, 0.6) is 5.75 Å². The summed E-state index contributed by atoms with van der Waals surface area (Å²) in [6.07, 6.45) is 0.692. The summed E-state index contributed by atoms with van der Waals surface area (Å²) in [4.78, 5) is 4.57. The summed E-state index contributed by atoms with van der Waals surface area (Å²) in [5.41, 5.74) is 6.55. The van der Waals surface area contributed by atoms with Gasteiger partial charge in [0.05, 0.1) is 7.11 Å². The molecule has 2 aromatic rings. The number of hydrogen-bond acceptors (Lipinski definition) is 4. The number of hydrogen-bond donors (Lipinski definition) is 1. The van der Waals surface area contributed by atoms with Gasteiger partial charge in [-0.15, -0.1) is 0 Å². The second-order valence-electron chi connectivity index (χ2n) is 4.66. The van der Waals surface area contributed by atoms with Crippen LogP contribution in [0.25, 0.3) is 5.69 Å². The van der Waals surface area contributed by atoms with Crippen molar-refractivity contribution < 1.29 is 4.74 Å². The Balaban J connectivity index is 2.53. The molecule has 2 N–H and O–H groups in total. The zero-order valence-corrected chi connectivity index (χ0v) is 11.6. The van der Waals surface area contributed by atoms with Crippen molar-refractivity contribution >= 4 is 0 Å². The van der Waals surface area contributed by atoms with Gasteiger partial charge in [0.1, 0.15) is 17.3 Å². The number of benzene rings is 1. The molecule has 0 aliphatic carbocycles. The maximum Gasteiger partial charge on any atom is 0.153 e. The molecule has 0 radical (unpaired) electrons. The second kappa shape index (κ2) is 5.84. The molecule has 0 fully saturated rings. The van der Waals surface area contributed by atoms with Crippen LogP contribution < -0.4 is 10.5 Å². The van der Waals surface area contributed by atoms with Crippen LogP contribution in [0.4, 0.5) is 0 Å². The minimum atomic E-state index is 0.285. The Bertz CT molecular complexity index is 548. The highest BCUT2D eigenvalue weighted by atomic mass is 16.5. The third-order valence-electron chi connectivity index (χ3n) is 2.89. The van der Waals surface area contributed by atoms with Crippen LogP contribution in [0.3, 0.4) is 0 Å². The zero-order valence-electron chi connectivity index (χ0n) is 11.6. The number of methoxy groups -OCH3 is 1. The van der Waals surface area contributed by atoms with Crippen LogP contribution in [0, 0.1) is 0 Å². The van der Waals surface area contributed by atoms with Crippen molar-refractivity contribution in [3.63, 3.8) is 0 Å². The van der Waals surface area contributed by atoms with E-state index in [0.717, 1.165) is 23.1 Å². The van der Waals surface area contributed by atoms with E-state index in [1.165, 1.54) is 0 Å². The molecule has 0 saturated heterocycles. The Kier molecular flexibility index (Phi) is 4.16. The third-order valence-corrected chi connectivity index (χ3v) is 2.89. The molecule has 0 saturated carbocycles. The molecule has 0 atom stereocenters. The van der Waals surface area contributed by atoms with E-state index >= 15 is 0 Å². The normalized spacial score (nSPS) is 11.0. The first-order valence-electron chi connectivity index (χ1n) is 6.46. The maximum absolute atomic E-state index is 5.65.